The van der Waals surface area contributed by atoms with Crippen LogP contribution in [0.2, 0.25) is 0 Å². The molecule has 1 aliphatic carbocycles. The highest BCUT2D eigenvalue weighted by atomic mass is 16.1. The molecule has 1 atom stereocenters. The maximum atomic E-state index is 10.9. The first kappa shape index (κ1) is 6.53. The zero-order chi connectivity index (χ0) is 7.07. The third-order valence-electron chi connectivity index (χ3n) is 2.34. The molecule has 0 bridgehead atoms. The maximum absolute atomic E-state index is 10.9. The summed E-state index contributed by atoms with van der Waals surface area (Å²) in [7, 11) is 0. The zero-order valence-corrected chi connectivity index (χ0v) is 5.98. The summed E-state index contributed by atoms with van der Waals surface area (Å²) in [5.41, 5.74) is -0.109. The van der Waals surface area contributed by atoms with E-state index in [-0.39, 0.29) is 5.41 Å². The Bertz CT molecular complexity index is 156. The highest BCUT2D eigenvalue weighted by molar-refractivity contribution is 5.91. The van der Waals surface area contributed by atoms with E-state index in [1.165, 1.54) is 0 Å². The van der Waals surface area contributed by atoms with Crippen LogP contribution in [-0.4, -0.2) is 5.78 Å². The first-order chi connectivity index (χ1) is 4.09. The highest BCUT2D eigenvalue weighted by Gasteiger charge is 2.44. The van der Waals surface area contributed by atoms with Crippen LogP contribution in [0.1, 0.15) is 20.3 Å². The van der Waals surface area contributed by atoms with Gasteiger partial charge in [-0.1, -0.05) is 19.9 Å². The first-order valence-corrected chi connectivity index (χ1v) is 3.25. The topological polar surface area (TPSA) is 17.1 Å². The molecule has 1 heteroatoms. The third-order valence-corrected chi connectivity index (χ3v) is 2.34. The van der Waals surface area contributed by atoms with Gasteiger partial charge in [0, 0.05) is 11.8 Å². The minimum absolute atomic E-state index is 0.109. The molecular weight excluding hydrogens is 112 g/mol. The SMILES string of the molecule is C=CC1CC(=O)C1(C)C. The van der Waals surface area contributed by atoms with E-state index in [1.807, 2.05) is 19.9 Å². The molecular formula is C8H12O. The summed E-state index contributed by atoms with van der Waals surface area (Å²) in [6, 6.07) is 0. The normalized spacial score (nSPS) is 31.3. The molecule has 0 amide bonds. The third kappa shape index (κ3) is 0.716. The number of Topliss-reactive ketones (excluding diaryl/α,β-unsaturated/α-hetero) is 1. The molecule has 1 rings (SSSR count). The maximum Gasteiger partial charge on any atom is 0.139 e. The quantitative estimate of drug-likeness (QED) is 0.487. The predicted molar refractivity (Wildman–Crippen MR) is 37.1 cm³/mol. The van der Waals surface area contributed by atoms with Crippen molar-refractivity contribution in [3.05, 3.63) is 12.7 Å². The molecule has 0 saturated heterocycles. The molecule has 1 unspecified atom stereocenters. The molecule has 0 spiro atoms. The van der Waals surface area contributed by atoms with E-state index >= 15 is 0 Å². The van der Waals surface area contributed by atoms with E-state index in [0.717, 1.165) is 0 Å². The Labute approximate surface area is 55.8 Å². The summed E-state index contributed by atoms with van der Waals surface area (Å²) in [4.78, 5) is 10.9. The average Bonchev–Trinajstić information content (AvgIpc) is 1.82. The molecule has 1 saturated carbocycles. The van der Waals surface area contributed by atoms with Crippen LogP contribution in [0.25, 0.3) is 0 Å². The van der Waals surface area contributed by atoms with Gasteiger partial charge in [-0.25, -0.2) is 0 Å². The number of ketones is 1. The Morgan fingerprint density at radius 1 is 1.78 bits per heavy atom. The van der Waals surface area contributed by atoms with Gasteiger partial charge < -0.3 is 0 Å². The molecule has 0 N–H and O–H groups in total. The van der Waals surface area contributed by atoms with Crippen LogP contribution in [0, 0.1) is 11.3 Å². The summed E-state index contributed by atoms with van der Waals surface area (Å²) in [6.07, 6.45) is 2.58. The van der Waals surface area contributed by atoms with Crippen LogP contribution >= 0.6 is 0 Å². The molecule has 50 valence electrons. The average molecular weight is 124 g/mol. The fraction of sp³-hybridized carbons (Fsp3) is 0.625. The second-order valence-electron chi connectivity index (χ2n) is 3.19. The van der Waals surface area contributed by atoms with E-state index in [9.17, 15) is 4.79 Å². The second-order valence-corrected chi connectivity index (χ2v) is 3.19. The summed E-state index contributed by atoms with van der Waals surface area (Å²) in [6.45, 7) is 7.62. The summed E-state index contributed by atoms with van der Waals surface area (Å²) >= 11 is 0. The van der Waals surface area contributed by atoms with Crippen molar-refractivity contribution in [2.75, 3.05) is 0 Å². The molecule has 1 fully saturated rings. The molecule has 0 aliphatic heterocycles. The number of hydrogen-bond donors (Lipinski definition) is 0. The zero-order valence-electron chi connectivity index (χ0n) is 5.98. The lowest BCUT2D eigenvalue weighted by molar-refractivity contribution is -0.139. The molecule has 0 radical (unpaired) electrons. The minimum atomic E-state index is -0.109. The molecule has 9 heavy (non-hydrogen) atoms. The van der Waals surface area contributed by atoms with Gasteiger partial charge >= 0.3 is 0 Å². The van der Waals surface area contributed by atoms with Gasteiger partial charge in [-0.15, -0.1) is 6.58 Å². The van der Waals surface area contributed by atoms with Gasteiger partial charge in [0.2, 0.25) is 0 Å². The van der Waals surface area contributed by atoms with Gasteiger partial charge in [0.1, 0.15) is 5.78 Å². The summed E-state index contributed by atoms with van der Waals surface area (Å²) < 4.78 is 0. The van der Waals surface area contributed by atoms with Crippen LogP contribution in [-0.2, 0) is 4.79 Å². The lowest BCUT2D eigenvalue weighted by Gasteiger charge is -2.40. The fourth-order valence-corrected chi connectivity index (χ4v) is 1.17. The largest absolute Gasteiger partial charge is 0.299 e. The second kappa shape index (κ2) is 1.69. The monoisotopic (exact) mass is 124 g/mol. The van der Waals surface area contributed by atoms with E-state index < -0.39 is 0 Å². The van der Waals surface area contributed by atoms with Crippen molar-refractivity contribution in [3.63, 3.8) is 0 Å². The van der Waals surface area contributed by atoms with Gasteiger partial charge in [-0.2, -0.15) is 0 Å². The van der Waals surface area contributed by atoms with Gasteiger partial charge in [-0.3, -0.25) is 4.79 Å². The Kier molecular flexibility index (Phi) is 1.23. The number of carbonyl (C=O) groups is 1. The van der Waals surface area contributed by atoms with Crippen molar-refractivity contribution in [3.8, 4) is 0 Å². The van der Waals surface area contributed by atoms with E-state index in [0.29, 0.717) is 18.1 Å². The van der Waals surface area contributed by atoms with Crippen molar-refractivity contribution in [2.24, 2.45) is 11.3 Å². The van der Waals surface area contributed by atoms with Crippen molar-refractivity contribution >= 4 is 5.78 Å². The Morgan fingerprint density at radius 3 is 2.44 bits per heavy atom. The Hall–Kier alpha value is -0.590. The predicted octanol–water partition coefficient (Wildman–Crippen LogP) is 1.79. The van der Waals surface area contributed by atoms with Crippen LogP contribution in [0.15, 0.2) is 12.7 Å². The number of rotatable bonds is 1. The number of hydrogen-bond acceptors (Lipinski definition) is 1. The van der Waals surface area contributed by atoms with Crippen LogP contribution in [0.3, 0.4) is 0 Å². The molecule has 0 aromatic heterocycles. The van der Waals surface area contributed by atoms with Crippen LogP contribution < -0.4 is 0 Å². The van der Waals surface area contributed by atoms with Gasteiger partial charge in [0.05, 0.1) is 0 Å². The smallest absolute Gasteiger partial charge is 0.139 e. The number of carbonyl (C=O) groups excluding carboxylic acids is 1. The van der Waals surface area contributed by atoms with Gasteiger partial charge in [0.15, 0.2) is 0 Å². The molecule has 0 aromatic carbocycles. The summed E-state index contributed by atoms with van der Waals surface area (Å²) in [5.74, 6) is 0.789. The lowest BCUT2D eigenvalue weighted by atomic mass is 9.61. The molecule has 1 aliphatic rings. The Morgan fingerprint density at radius 2 is 2.33 bits per heavy atom. The van der Waals surface area contributed by atoms with Crippen LogP contribution in [0.5, 0.6) is 0 Å². The van der Waals surface area contributed by atoms with Crippen molar-refractivity contribution in [2.45, 2.75) is 20.3 Å². The lowest BCUT2D eigenvalue weighted by Crippen LogP contribution is -2.44. The van der Waals surface area contributed by atoms with Gasteiger partial charge in [-0.05, 0) is 5.92 Å². The van der Waals surface area contributed by atoms with E-state index in [1.54, 1.807) is 0 Å². The standard InChI is InChI=1S/C8H12O/c1-4-6-5-7(9)8(6,2)3/h4,6H,1,5H2,2-3H3. The fourth-order valence-electron chi connectivity index (χ4n) is 1.17. The number of allylic oxidation sites excluding steroid dienone is 1. The molecule has 0 aromatic rings. The summed E-state index contributed by atoms with van der Waals surface area (Å²) in [5, 5.41) is 0. The van der Waals surface area contributed by atoms with Crippen LogP contribution in [0.4, 0.5) is 0 Å². The highest BCUT2D eigenvalue weighted by Crippen LogP contribution is 2.42. The van der Waals surface area contributed by atoms with E-state index in [4.69, 9.17) is 0 Å². The minimum Gasteiger partial charge on any atom is -0.299 e. The molecule has 0 heterocycles. The first-order valence-electron chi connectivity index (χ1n) is 3.25. The van der Waals surface area contributed by atoms with Gasteiger partial charge in [0.25, 0.3) is 0 Å². The molecule has 1 nitrogen and oxygen atoms in total. The van der Waals surface area contributed by atoms with Crippen molar-refractivity contribution in [1.29, 1.82) is 0 Å². The Balaban J connectivity index is 2.69. The van der Waals surface area contributed by atoms with Crippen molar-refractivity contribution in [1.82, 2.24) is 0 Å². The van der Waals surface area contributed by atoms with E-state index in [2.05, 4.69) is 6.58 Å². The van der Waals surface area contributed by atoms with Crippen molar-refractivity contribution < 1.29 is 4.79 Å².